The molecule has 2 rings (SSSR count). The molecule has 1 heterocycles. The third kappa shape index (κ3) is 3.36. The minimum absolute atomic E-state index is 0.0607. The molecule has 1 aliphatic heterocycles. The number of rotatable bonds is 5. The number of aliphatic carboxylic acids is 1. The van der Waals surface area contributed by atoms with Gasteiger partial charge < -0.3 is 14.7 Å². The molecule has 2 atom stereocenters. The summed E-state index contributed by atoms with van der Waals surface area (Å²) in [6.07, 6.45) is 0.565. The first-order chi connectivity index (χ1) is 10.1. The number of halogens is 1. The van der Waals surface area contributed by atoms with E-state index in [9.17, 15) is 14.7 Å². The van der Waals surface area contributed by atoms with Crippen LogP contribution in [0.25, 0.3) is 0 Å². The lowest BCUT2D eigenvalue weighted by molar-refractivity contribution is -0.152. The normalized spacial score (nSPS) is 22.4. The smallest absolute Gasteiger partial charge is 0.308 e. The van der Waals surface area contributed by atoms with Crippen LogP contribution in [0.4, 0.5) is 0 Å². The summed E-state index contributed by atoms with van der Waals surface area (Å²) in [5, 5.41) is 9.96. The van der Waals surface area contributed by atoms with Crippen LogP contribution in [0.3, 0.4) is 0 Å². The Morgan fingerprint density at radius 2 is 2.19 bits per heavy atom. The Morgan fingerprint density at radius 3 is 2.81 bits per heavy atom. The average molecular weight is 312 g/mol. The lowest BCUT2D eigenvalue weighted by Crippen LogP contribution is -2.46. The highest BCUT2D eigenvalue weighted by Crippen LogP contribution is 2.39. The van der Waals surface area contributed by atoms with Crippen molar-refractivity contribution in [3.8, 4) is 0 Å². The molecule has 1 amide bonds. The van der Waals surface area contributed by atoms with E-state index in [0.29, 0.717) is 30.2 Å². The predicted molar refractivity (Wildman–Crippen MR) is 78.1 cm³/mol. The molecule has 21 heavy (non-hydrogen) atoms. The molecular weight excluding hydrogens is 294 g/mol. The second-order valence-electron chi connectivity index (χ2n) is 5.03. The molecule has 6 heteroatoms. The van der Waals surface area contributed by atoms with Gasteiger partial charge in [0.15, 0.2) is 0 Å². The number of carbonyl (C=O) groups excluding carboxylic acids is 1. The summed E-state index contributed by atoms with van der Waals surface area (Å²) < 4.78 is 5.03. The zero-order valence-electron chi connectivity index (χ0n) is 11.8. The number of methoxy groups -OCH3 is 1. The topological polar surface area (TPSA) is 66.8 Å². The van der Waals surface area contributed by atoms with Gasteiger partial charge in [-0.3, -0.25) is 9.59 Å². The van der Waals surface area contributed by atoms with Crippen molar-refractivity contribution in [1.29, 1.82) is 0 Å². The van der Waals surface area contributed by atoms with Crippen LogP contribution < -0.4 is 0 Å². The largest absolute Gasteiger partial charge is 0.481 e. The van der Waals surface area contributed by atoms with E-state index in [4.69, 9.17) is 16.3 Å². The Kier molecular flexibility index (Phi) is 5.20. The number of piperidine rings is 1. The number of benzene rings is 1. The summed E-state index contributed by atoms with van der Waals surface area (Å²) in [7, 11) is 1.55. The van der Waals surface area contributed by atoms with Crippen LogP contribution in [0, 0.1) is 5.92 Å². The summed E-state index contributed by atoms with van der Waals surface area (Å²) in [4.78, 5) is 25.3. The number of hydrogen-bond acceptors (Lipinski definition) is 3. The Bertz CT molecular complexity index is 534. The molecule has 1 N–H and O–H groups in total. The van der Waals surface area contributed by atoms with Gasteiger partial charge in [0.05, 0.1) is 18.6 Å². The number of amides is 1. The summed E-state index contributed by atoms with van der Waals surface area (Å²) in [6, 6.07) is 6.53. The van der Waals surface area contributed by atoms with Gasteiger partial charge >= 0.3 is 5.97 Å². The molecule has 0 aliphatic carbocycles. The number of carboxylic acids is 1. The van der Waals surface area contributed by atoms with Crippen molar-refractivity contribution in [2.75, 3.05) is 20.3 Å². The molecule has 1 saturated heterocycles. The number of nitrogens with zero attached hydrogens (tertiary/aromatic N) is 1. The zero-order chi connectivity index (χ0) is 15.4. The van der Waals surface area contributed by atoms with Crippen LogP contribution in [0.2, 0.25) is 5.02 Å². The van der Waals surface area contributed by atoms with Gasteiger partial charge in [0.1, 0.15) is 0 Å². The summed E-state index contributed by atoms with van der Waals surface area (Å²) in [6.45, 7) is 0.716. The average Bonchev–Trinajstić information content (AvgIpc) is 2.46. The van der Waals surface area contributed by atoms with Crippen LogP contribution in [-0.4, -0.2) is 42.1 Å². The van der Waals surface area contributed by atoms with Crippen LogP contribution in [0.5, 0.6) is 0 Å². The molecule has 1 fully saturated rings. The molecule has 1 aromatic rings. The van der Waals surface area contributed by atoms with Crippen molar-refractivity contribution in [2.24, 2.45) is 5.92 Å². The highest BCUT2D eigenvalue weighted by molar-refractivity contribution is 6.31. The van der Waals surface area contributed by atoms with Gasteiger partial charge in [-0.25, -0.2) is 0 Å². The fourth-order valence-electron chi connectivity index (χ4n) is 2.76. The zero-order valence-corrected chi connectivity index (χ0v) is 12.5. The van der Waals surface area contributed by atoms with E-state index < -0.39 is 17.9 Å². The summed E-state index contributed by atoms with van der Waals surface area (Å²) in [5.41, 5.74) is 0.677. The fraction of sp³-hybridized carbons (Fsp3) is 0.467. The third-order valence-electron chi connectivity index (χ3n) is 3.78. The van der Waals surface area contributed by atoms with Gasteiger partial charge in [-0.15, -0.1) is 0 Å². The molecule has 0 aromatic heterocycles. The van der Waals surface area contributed by atoms with Crippen LogP contribution >= 0.6 is 11.6 Å². The van der Waals surface area contributed by atoms with Gasteiger partial charge in [-0.05, 0) is 18.1 Å². The lowest BCUT2D eigenvalue weighted by atomic mass is 9.84. The van der Waals surface area contributed by atoms with Gasteiger partial charge in [0.25, 0.3) is 0 Å². The molecule has 1 aliphatic rings. The molecule has 1 aromatic carbocycles. The van der Waals surface area contributed by atoms with Gasteiger partial charge in [-0.2, -0.15) is 0 Å². The third-order valence-corrected chi connectivity index (χ3v) is 4.13. The van der Waals surface area contributed by atoms with Crippen LogP contribution in [0.15, 0.2) is 24.3 Å². The van der Waals surface area contributed by atoms with E-state index >= 15 is 0 Å². The Labute approximate surface area is 128 Å². The second kappa shape index (κ2) is 6.91. The molecule has 0 unspecified atom stereocenters. The maximum Gasteiger partial charge on any atom is 0.308 e. The van der Waals surface area contributed by atoms with Crippen molar-refractivity contribution >= 4 is 23.5 Å². The van der Waals surface area contributed by atoms with Crippen LogP contribution in [0.1, 0.15) is 24.4 Å². The molecule has 0 saturated carbocycles. The number of carboxylic acid groups (broad SMARTS) is 1. The molecule has 0 radical (unpaired) electrons. The number of ether oxygens (including phenoxy) is 1. The molecule has 0 bridgehead atoms. The SMILES string of the molecule is COCCN1C(=O)CC[C@@H](C(=O)O)[C@@H]1c1ccccc1Cl. The fourth-order valence-corrected chi connectivity index (χ4v) is 3.01. The summed E-state index contributed by atoms with van der Waals surface area (Å²) in [5.74, 6) is -1.62. The lowest BCUT2D eigenvalue weighted by Gasteiger charge is -2.40. The Morgan fingerprint density at radius 1 is 1.48 bits per heavy atom. The molecular formula is C15H18ClNO4. The van der Waals surface area contributed by atoms with E-state index in [1.165, 1.54) is 0 Å². The Balaban J connectivity index is 2.41. The number of carbonyl (C=O) groups is 2. The number of hydrogen-bond donors (Lipinski definition) is 1. The first kappa shape index (κ1) is 15.8. The van der Waals surface area contributed by atoms with E-state index in [1.807, 2.05) is 0 Å². The maximum atomic E-state index is 12.2. The van der Waals surface area contributed by atoms with Crippen molar-refractivity contribution in [2.45, 2.75) is 18.9 Å². The van der Waals surface area contributed by atoms with Crippen molar-refractivity contribution in [3.05, 3.63) is 34.9 Å². The summed E-state index contributed by atoms with van der Waals surface area (Å²) >= 11 is 6.21. The van der Waals surface area contributed by atoms with Gasteiger partial charge in [-0.1, -0.05) is 29.8 Å². The standard InChI is InChI=1S/C15H18ClNO4/c1-21-9-8-17-13(18)7-6-11(15(19)20)14(17)10-4-2-3-5-12(10)16/h2-5,11,14H,6-9H2,1H3,(H,19,20)/t11-,14+/m1/s1. The van der Waals surface area contributed by atoms with Crippen LogP contribution in [-0.2, 0) is 14.3 Å². The molecule has 5 nitrogen and oxygen atoms in total. The van der Waals surface area contributed by atoms with Gasteiger partial charge in [0, 0.05) is 25.1 Å². The predicted octanol–water partition coefficient (Wildman–Crippen LogP) is 2.35. The monoisotopic (exact) mass is 311 g/mol. The van der Waals surface area contributed by atoms with E-state index in [2.05, 4.69) is 0 Å². The highest BCUT2D eigenvalue weighted by atomic mass is 35.5. The van der Waals surface area contributed by atoms with Gasteiger partial charge in [0.2, 0.25) is 5.91 Å². The molecule has 0 spiro atoms. The van der Waals surface area contributed by atoms with Crippen molar-refractivity contribution < 1.29 is 19.4 Å². The minimum Gasteiger partial charge on any atom is -0.481 e. The quantitative estimate of drug-likeness (QED) is 0.906. The Hall–Kier alpha value is -1.59. The van der Waals surface area contributed by atoms with E-state index in [0.717, 1.165) is 0 Å². The first-order valence-electron chi connectivity index (χ1n) is 6.82. The van der Waals surface area contributed by atoms with E-state index in [-0.39, 0.29) is 12.3 Å². The van der Waals surface area contributed by atoms with Crippen molar-refractivity contribution in [1.82, 2.24) is 4.90 Å². The minimum atomic E-state index is -0.908. The van der Waals surface area contributed by atoms with E-state index in [1.54, 1.807) is 36.3 Å². The van der Waals surface area contributed by atoms with Crippen molar-refractivity contribution in [3.63, 3.8) is 0 Å². The first-order valence-corrected chi connectivity index (χ1v) is 7.19. The molecule has 114 valence electrons. The highest BCUT2D eigenvalue weighted by Gasteiger charge is 2.41. The second-order valence-corrected chi connectivity index (χ2v) is 5.44. The maximum absolute atomic E-state index is 12.2. The number of likely N-dealkylation sites (tertiary alicyclic amines) is 1.